The molecule has 2 unspecified atom stereocenters. The second-order valence-corrected chi connectivity index (χ2v) is 4.33. The summed E-state index contributed by atoms with van der Waals surface area (Å²) in [4.78, 5) is 2.39. The van der Waals surface area contributed by atoms with Crippen molar-refractivity contribution in [2.45, 2.75) is 19.3 Å². The summed E-state index contributed by atoms with van der Waals surface area (Å²) in [6.45, 7) is 2.30. The molecule has 1 aliphatic heterocycles. The summed E-state index contributed by atoms with van der Waals surface area (Å²) in [5.74, 6) is 1.72. The predicted octanol–water partition coefficient (Wildman–Crippen LogP) is 1.49. The number of nitriles is 1. The number of piperidine rings is 1. The molecule has 2 fully saturated rings. The van der Waals surface area contributed by atoms with E-state index in [1.807, 2.05) is 0 Å². The molecule has 2 bridgehead atoms. The van der Waals surface area contributed by atoms with Crippen molar-refractivity contribution in [2.75, 3.05) is 20.1 Å². The van der Waals surface area contributed by atoms with E-state index >= 15 is 0 Å². The highest BCUT2D eigenvalue weighted by Gasteiger charge is 2.38. The lowest BCUT2D eigenvalue weighted by molar-refractivity contribution is 0.0667. The number of hydrogen-bond acceptors (Lipinski definition) is 2. The minimum Gasteiger partial charge on any atom is -0.306 e. The van der Waals surface area contributed by atoms with Crippen LogP contribution in [0.1, 0.15) is 19.3 Å². The Labute approximate surface area is 74.2 Å². The topological polar surface area (TPSA) is 27.0 Å². The van der Waals surface area contributed by atoms with Gasteiger partial charge in [0.25, 0.3) is 0 Å². The van der Waals surface area contributed by atoms with Crippen LogP contribution in [0.2, 0.25) is 0 Å². The van der Waals surface area contributed by atoms with Crippen LogP contribution in [0, 0.1) is 29.1 Å². The molecule has 1 heterocycles. The van der Waals surface area contributed by atoms with Crippen LogP contribution in [0.3, 0.4) is 0 Å². The van der Waals surface area contributed by atoms with Crippen molar-refractivity contribution in [3.63, 3.8) is 0 Å². The summed E-state index contributed by atoms with van der Waals surface area (Å²) in [6, 6.07) is 2.50. The lowest BCUT2D eigenvalue weighted by atomic mass is 9.70. The van der Waals surface area contributed by atoms with Gasteiger partial charge in [0, 0.05) is 13.1 Å². The second-order valence-electron chi connectivity index (χ2n) is 4.33. The first-order chi connectivity index (χ1) is 5.81. The fourth-order valence-electron chi connectivity index (χ4n) is 2.88. The van der Waals surface area contributed by atoms with Crippen LogP contribution in [-0.2, 0) is 0 Å². The third-order valence-corrected chi connectivity index (χ3v) is 3.41. The monoisotopic (exact) mass is 164 g/mol. The molecule has 2 atom stereocenters. The number of rotatable bonds is 0. The maximum Gasteiger partial charge on any atom is 0.0662 e. The highest BCUT2D eigenvalue weighted by atomic mass is 15.1. The molecule has 2 aliphatic rings. The Balaban J connectivity index is 2.13. The quantitative estimate of drug-likeness (QED) is 0.542. The number of fused-ring (bicyclic) bond motifs is 2. The number of nitrogens with zero attached hydrogens (tertiary/aromatic N) is 2. The number of hydrogen-bond donors (Lipinski definition) is 0. The van der Waals surface area contributed by atoms with Gasteiger partial charge in [-0.2, -0.15) is 5.26 Å². The van der Waals surface area contributed by atoms with E-state index < -0.39 is 0 Å². The van der Waals surface area contributed by atoms with E-state index in [4.69, 9.17) is 5.26 Å². The minimum absolute atomic E-state index is 0.370. The largest absolute Gasteiger partial charge is 0.306 e. The van der Waals surface area contributed by atoms with Gasteiger partial charge >= 0.3 is 0 Å². The van der Waals surface area contributed by atoms with Crippen molar-refractivity contribution in [1.82, 2.24) is 4.90 Å². The Morgan fingerprint density at radius 3 is 2.33 bits per heavy atom. The zero-order valence-corrected chi connectivity index (χ0v) is 7.66. The van der Waals surface area contributed by atoms with Gasteiger partial charge in [-0.1, -0.05) is 6.42 Å². The highest BCUT2D eigenvalue weighted by molar-refractivity contribution is 4.99. The maximum absolute atomic E-state index is 9.01. The molecular weight excluding hydrogens is 148 g/mol. The summed E-state index contributed by atoms with van der Waals surface area (Å²) in [6.07, 6.45) is 3.90. The molecule has 0 radical (unpaired) electrons. The molecule has 66 valence electrons. The summed E-state index contributed by atoms with van der Waals surface area (Å²) < 4.78 is 0. The van der Waals surface area contributed by atoms with Gasteiger partial charge in [-0.05, 0) is 31.7 Å². The zero-order valence-electron chi connectivity index (χ0n) is 7.66. The standard InChI is InChI=1S/C10H16N2/c1-12-6-8-3-2-4-9(7-12)10(8)5-11/h8-10H,2-4,6-7H2,1H3. The van der Waals surface area contributed by atoms with Crippen LogP contribution in [-0.4, -0.2) is 25.0 Å². The summed E-state index contributed by atoms with van der Waals surface area (Å²) >= 11 is 0. The van der Waals surface area contributed by atoms with Gasteiger partial charge in [-0.3, -0.25) is 0 Å². The average Bonchev–Trinajstić information content (AvgIpc) is 2.02. The lowest BCUT2D eigenvalue weighted by Gasteiger charge is -2.43. The molecule has 2 nitrogen and oxygen atoms in total. The van der Waals surface area contributed by atoms with Gasteiger partial charge < -0.3 is 4.90 Å². The first-order valence-corrected chi connectivity index (χ1v) is 4.89. The van der Waals surface area contributed by atoms with E-state index in [9.17, 15) is 0 Å². The van der Waals surface area contributed by atoms with Crippen molar-refractivity contribution in [3.8, 4) is 6.07 Å². The predicted molar refractivity (Wildman–Crippen MR) is 47.4 cm³/mol. The summed E-state index contributed by atoms with van der Waals surface area (Å²) in [7, 11) is 2.18. The molecule has 0 N–H and O–H groups in total. The van der Waals surface area contributed by atoms with Crippen LogP contribution in [0.5, 0.6) is 0 Å². The van der Waals surface area contributed by atoms with E-state index in [2.05, 4.69) is 18.0 Å². The molecule has 0 aromatic heterocycles. The Morgan fingerprint density at radius 1 is 1.25 bits per heavy atom. The molecule has 0 amide bonds. The van der Waals surface area contributed by atoms with E-state index in [0.717, 1.165) is 13.1 Å². The van der Waals surface area contributed by atoms with Crippen molar-refractivity contribution < 1.29 is 0 Å². The Bertz CT molecular complexity index is 192. The van der Waals surface area contributed by atoms with Crippen LogP contribution < -0.4 is 0 Å². The molecule has 0 spiro atoms. The Kier molecular flexibility index (Phi) is 2.06. The molecule has 1 saturated carbocycles. The summed E-state index contributed by atoms with van der Waals surface area (Å²) in [5, 5.41) is 9.01. The third kappa shape index (κ3) is 1.23. The van der Waals surface area contributed by atoms with Gasteiger partial charge in [-0.25, -0.2) is 0 Å². The van der Waals surface area contributed by atoms with Crippen molar-refractivity contribution >= 4 is 0 Å². The minimum atomic E-state index is 0.370. The first-order valence-electron chi connectivity index (χ1n) is 4.89. The van der Waals surface area contributed by atoms with Crippen LogP contribution >= 0.6 is 0 Å². The molecular formula is C10H16N2. The molecule has 2 heteroatoms. The van der Waals surface area contributed by atoms with Gasteiger partial charge in [0.05, 0.1) is 12.0 Å². The fourth-order valence-corrected chi connectivity index (χ4v) is 2.88. The zero-order chi connectivity index (χ0) is 8.55. The molecule has 1 saturated heterocycles. The molecule has 0 aromatic rings. The number of likely N-dealkylation sites (tertiary alicyclic amines) is 1. The molecule has 2 rings (SSSR count). The lowest BCUT2D eigenvalue weighted by Crippen LogP contribution is -2.46. The van der Waals surface area contributed by atoms with Crippen molar-refractivity contribution in [2.24, 2.45) is 17.8 Å². The van der Waals surface area contributed by atoms with E-state index in [1.54, 1.807) is 0 Å². The fraction of sp³-hybridized carbons (Fsp3) is 0.900. The summed E-state index contributed by atoms with van der Waals surface area (Å²) in [5.41, 5.74) is 0. The van der Waals surface area contributed by atoms with Crippen LogP contribution in [0.25, 0.3) is 0 Å². The first kappa shape index (κ1) is 8.07. The Hall–Kier alpha value is -0.550. The van der Waals surface area contributed by atoms with Crippen molar-refractivity contribution in [1.29, 1.82) is 5.26 Å². The average molecular weight is 164 g/mol. The third-order valence-electron chi connectivity index (χ3n) is 3.41. The maximum atomic E-state index is 9.01. The van der Waals surface area contributed by atoms with E-state index in [0.29, 0.717) is 17.8 Å². The normalized spacial score (nSPS) is 42.2. The van der Waals surface area contributed by atoms with Crippen LogP contribution in [0.4, 0.5) is 0 Å². The van der Waals surface area contributed by atoms with E-state index in [1.165, 1.54) is 19.3 Å². The van der Waals surface area contributed by atoms with Crippen LogP contribution in [0.15, 0.2) is 0 Å². The highest BCUT2D eigenvalue weighted by Crippen LogP contribution is 2.38. The SMILES string of the molecule is CN1CC2CCCC(C1)C2C#N. The second kappa shape index (κ2) is 3.06. The van der Waals surface area contributed by atoms with E-state index in [-0.39, 0.29) is 0 Å². The van der Waals surface area contributed by atoms with Gasteiger partial charge in [0.1, 0.15) is 0 Å². The molecule has 12 heavy (non-hydrogen) atoms. The molecule has 0 aromatic carbocycles. The Morgan fingerprint density at radius 2 is 1.83 bits per heavy atom. The molecule has 1 aliphatic carbocycles. The van der Waals surface area contributed by atoms with Gasteiger partial charge in [0.15, 0.2) is 0 Å². The van der Waals surface area contributed by atoms with Gasteiger partial charge in [0.2, 0.25) is 0 Å². The van der Waals surface area contributed by atoms with Gasteiger partial charge in [-0.15, -0.1) is 0 Å². The smallest absolute Gasteiger partial charge is 0.0662 e. The van der Waals surface area contributed by atoms with Crippen molar-refractivity contribution in [3.05, 3.63) is 0 Å².